The lowest BCUT2D eigenvalue weighted by molar-refractivity contribution is -0.00000373. The van der Waals surface area contributed by atoms with Crippen LogP contribution in [0.4, 0.5) is 5.69 Å². The van der Waals surface area contributed by atoms with Gasteiger partial charge in [-0.2, -0.15) is 0 Å². The Balaban J connectivity index is 0.00000169. The molecule has 2 N–H and O–H groups in total. The molecule has 0 bridgehead atoms. The van der Waals surface area contributed by atoms with Gasteiger partial charge < -0.3 is 27.6 Å². The van der Waals surface area contributed by atoms with E-state index in [0.717, 1.165) is 5.75 Å². The molecule has 0 saturated heterocycles. The Bertz CT molecular complexity index is 279. The molecule has 0 atom stereocenters. The molecule has 0 saturated carbocycles. The predicted molar refractivity (Wildman–Crippen MR) is 53.2 cm³/mol. The summed E-state index contributed by atoms with van der Waals surface area (Å²) in [4.78, 5) is 0. The van der Waals surface area contributed by atoms with Gasteiger partial charge in [0.15, 0.2) is 11.5 Å². The molecule has 0 aliphatic carbocycles. The van der Waals surface area contributed by atoms with Crippen LogP contribution in [-0.2, 0) is 0 Å². The van der Waals surface area contributed by atoms with Crippen molar-refractivity contribution in [2.45, 2.75) is 13.8 Å². The van der Waals surface area contributed by atoms with Crippen molar-refractivity contribution < 1.29 is 21.9 Å². The number of hydrogen-bond acceptors (Lipinski definition) is 3. The first-order valence-electron chi connectivity index (χ1n) is 4.43. The number of ether oxygens (including phenoxy) is 2. The van der Waals surface area contributed by atoms with E-state index in [-0.39, 0.29) is 12.4 Å². The van der Waals surface area contributed by atoms with Crippen molar-refractivity contribution in [1.29, 1.82) is 0 Å². The van der Waals surface area contributed by atoms with Gasteiger partial charge in [-0.1, -0.05) is 0 Å². The zero-order valence-electron chi connectivity index (χ0n) is 8.42. The Hall–Kier alpha value is -1.09. The summed E-state index contributed by atoms with van der Waals surface area (Å²) in [5.41, 5.74) is 6.31. The van der Waals surface area contributed by atoms with Crippen LogP contribution < -0.4 is 27.6 Å². The number of nitrogen functional groups attached to an aromatic ring is 1. The summed E-state index contributed by atoms with van der Waals surface area (Å²) in [6, 6.07) is 5.39. The van der Waals surface area contributed by atoms with Gasteiger partial charge in [-0.05, 0) is 26.0 Å². The predicted octanol–water partition coefficient (Wildman–Crippen LogP) is -0.930. The van der Waals surface area contributed by atoms with E-state index >= 15 is 0 Å². The summed E-state index contributed by atoms with van der Waals surface area (Å²) in [5, 5.41) is 0. The lowest BCUT2D eigenvalue weighted by atomic mass is 10.3. The van der Waals surface area contributed by atoms with Gasteiger partial charge in [0.1, 0.15) is 0 Å². The first-order chi connectivity index (χ1) is 6.27. The van der Waals surface area contributed by atoms with Crippen LogP contribution in [-0.4, -0.2) is 13.2 Å². The van der Waals surface area contributed by atoms with E-state index in [1.54, 1.807) is 12.1 Å². The van der Waals surface area contributed by atoms with Crippen molar-refractivity contribution in [2.24, 2.45) is 0 Å². The van der Waals surface area contributed by atoms with E-state index in [0.29, 0.717) is 24.7 Å². The molecule has 1 aromatic carbocycles. The van der Waals surface area contributed by atoms with Crippen molar-refractivity contribution in [1.82, 2.24) is 0 Å². The lowest BCUT2D eigenvalue weighted by Gasteiger charge is -2.10. The van der Waals surface area contributed by atoms with E-state index in [1.807, 2.05) is 19.9 Å². The van der Waals surface area contributed by atoms with Crippen LogP contribution in [0.2, 0.25) is 0 Å². The highest BCUT2D eigenvalue weighted by molar-refractivity contribution is 5.51. The van der Waals surface area contributed by atoms with Crippen LogP contribution in [0.3, 0.4) is 0 Å². The Morgan fingerprint density at radius 2 is 1.64 bits per heavy atom. The summed E-state index contributed by atoms with van der Waals surface area (Å²) >= 11 is 0. The van der Waals surface area contributed by atoms with Crippen LogP contribution >= 0.6 is 0 Å². The second kappa shape index (κ2) is 6.38. The molecule has 3 nitrogen and oxygen atoms in total. The molecule has 0 spiro atoms. The smallest absolute Gasteiger partial charge is 0.163 e. The Kier molecular flexibility index (Phi) is 5.88. The van der Waals surface area contributed by atoms with Gasteiger partial charge in [0.25, 0.3) is 0 Å². The van der Waals surface area contributed by atoms with Gasteiger partial charge in [-0.25, -0.2) is 0 Å². The molecule has 1 rings (SSSR count). The van der Waals surface area contributed by atoms with Crippen molar-refractivity contribution >= 4 is 5.69 Å². The Morgan fingerprint density at radius 1 is 1.07 bits per heavy atom. The van der Waals surface area contributed by atoms with Crippen molar-refractivity contribution in [3.05, 3.63) is 18.2 Å². The zero-order chi connectivity index (χ0) is 9.68. The molecule has 14 heavy (non-hydrogen) atoms. The highest BCUT2D eigenvalue weighted by Crippen LogP contribution is 2.29. The number of benzene rings is 1. The maximum atomic E-state index is 5.62. The number of anilines is 1. The van der Waals surface area contributed by atoms with Gasteiger partial charge in [0, 0.05) is 11.8 Å². The molecule has 0 unspecified atom stereocenters. The third-order valence-electron chi connectivity index (χ3n) is 1.57. The summed E-state index contributed by atoms with van der Waals surface area (Å²) in [6.45, 7) is 5.11. The summed E-state index contributed by atoms with van der Waals surface area (Å²) < 4.78 is 10.7. The molecule has 1 aromatic rings. The number of hydrogen-bond donors (Lipinski definition) is 1. The van der Waals surface area contributed by atoms with Crippen LogP contribution in [0.1, 0.15) is 13.8 Å². The van der Waals surface area contributed by atoms with Gasteiger partial charge in [-0.15, -0.1) is 0 Å². The minimum Gasteiger partial charge on any atom is -1.00 e. The Morgan fingerprint density at radius 3 is 2.21 bits per heavy atom. The fourth-order valence-corrected chi connectivity index (χ4v) is 1.07. The van der Waals surface area contributed by atoms with E-state index in [1.165, 1.54) is 0 Å². The van der Waals surface area contributed by atoms with Crippen molar-refractivity contribution in [2.75, 3.05) is 18.9 Å². The largest absolute Gasteiger partial charge is 1.00 e. The standard InChI is InChI=1S/C10H15NO2.ClH/c1-3-12-9-6-5-8(11)7-10(9)13-4-2;/h5-7H,3-4,11H2,1-2H3;1H/p-1. The molecule has 4 heteroatoms. The van der Waals surface area contributed by atoms with E-state index in [2.05, 4.69) is 0 Å². The maximum absolute atomic E-state index is 5.62. The average Bonchev–Trinajstić information content (AvgIpc) is 2.10. The van der Waals surface area contributed by atoms with E-state index in [4.69, 9.17) is 15.2 Å². The minimum atomic E-state index is 0. The molecule has 0 aromatic heterocycles. The molecular weight excluding hydrogens is 202 g/mol. The molecule has 0 amide bonds. The third kappa shape index (κ3) is 3.34. The van der Waals surface area contributed by atoms with Crippen LogP contribution in [0.15, 0.2) is 18.2 Å². The first-order valence-corrected chi connectivity index (χ1v) is 4.43. The normalized spacial score (nSPS) is 9.00. The molecule has 80 valence electrons. The topological polar surface area (TPSA) is 44.5 Å². The van der Waals surface area contributed by atoms with Crippen LogP contribution in [0.5, 0.6) is 11.5 Å². The van der Waals surface area contributed by atoms with Crippen LogP contribution in [0, 0.1) is 0 Å². The maximum Gasteiger partial charge on any atom is 0.163 e. The van der Waals surface area contributed by atoms with Gasteiger partial charge >= 0.3 is 0 Å². The fourth-order valence-electron chi connectivity index (χ4n) is 1.07. The second-order valence-electron chi connectivity index (χ2n) is 2.57. The second-order valence-corrected chi connectivity index (χ2v) is 2.57. The fraction of sp³-hybridized carbons (Fsp3) is 0.400. The van der Waals surface area contributed by atoms with Crippen molar-refractivity contribution in [3.8, 4) is 11.5 Å². The van der Waals surface area contributed by atoms with Gasteiger partial charge in [0.2, 0.25) is 0 Å². The summed E-state index contributed by atoms with van der Waals surface area (Å²) in [7, 11) is 0. The molecular formula is C10H15ClNO2-. The highest BCUT2D eigenvalue weighted by Gasteiger charge is 2.03. The number of halogens is 1. The van der Waals surface area contributed by atoms with Crippen molar-refractivity contribution in [3.63, 3.8) is 0 Å². The Labute approximate surface area is 90.6 Å². The molecule has 0 heterocycles. The third-order valence-corrected chi connectivity index (χ3v) is 1.57. The average molecular weight is 217 g/mol. The molecule has 0 aliphatic rings. The van der Waals surface area contributed by atoms with Crippen LogP contribution in [0.25, 0.3) is 0 Å². The monoisotopic (exact) mass is 216 g/mol. The SMILES string of the molecule is CCOc1ccc(N)cc1OCC.[Cl-]. The highest BCUT2D eigenvalue weighted by atomic mass is 35.5. The van der Waals surface area contributed by atoms with E-state index < -0.39 is 0 Å². The number of nitrogens with two attached hydrogens (primary N) is 1. The minimum absolute atomic E-state index is 0. The molecule has 0 fully saturated rings. The first kappa shape index (κ1) is 12.9. The number of rotatable bonds is 4. The summed E-state index contributed by atoms with van der Waals surface area (Å²) in [5.74, 6) is 1.46. The van der Waals surface area contributed by atoms with Gasteiger partial charge in [-0.3, -0.25) is 0 Å². The lowest BCUT2D eigenvalue weighted by Crippen LogP contribution is -3.00. The molecule has 0 radical (unpaired) electrons. The molecule has 0 aliphatic heterocycles. The van der Waals surface area contributed by atoms with E-state index in [9.17, 15) is 0 Å². The summed E-state index contributed by atoms with van der Waals surface area (Å²) in [6.07, 6.45) is 0. The quantitative estimate of drug-likeness (QED) is 0.662. The zero-order valence-corrected chi connectivity index (χ0v) is 9.17. The van der Waals surface area contributed by atoms with Gasteiger partial charge in [0.05, 0.1) is 13.2 Å².